The van der Waals surface area contributed by atoms with Gasteiger partial charge in [0.15, 0.2) is 5.11 Å². The molecule has 9 heteroatoms. The maximum Gasteiger partial charge on any atom is 0.175 e. The molecule has 0 unspecified atom stereocenters. The van der Waals surface area contributed by atoms with Crippen LogP contribution in [0.3, 0.4) is 0 Å². The Hall–Kier alpha value is -3.39. The molecule has 0 fully saturated rings. The minimum absolute atomic E-state index is 0.472. The van der Waals surface area contributed by atoms with Gasteiger partial charge in [-0.25, -0.2) is 0 Å². The molecule has 182 valence electrons. The first-order valence-electron chi connectivity index (χ1n) is 11.4. The predicted octanol–water partition coefficient (Wildman–Crippen LogP) is 7.06. The van der Waals surface area contributed by atoms with Crippen LogP contribution in [-0.2, 0) is 13.1 Å². The highest BCUT2D eigenvalue weighted by Crippen LogP contribution is 2.25. The van der Waals surface area contributed by atoms with E-state index in [1.807, 2.05) is 41.5 Å². The Morgan fingerprint density at radius 3 is 2.58 bits per heavy atom. The van der Waals surface area contributed by atoms with Crippen molar-refractivity contribution in [1.82, 2.24) is 19.6 Å². The van der Waals surface area contributed by atoms with Gasteiger partial charge in [-0.15, -0.1) is 0 Å². The van der Waals surface area contributed by atoms with Gasteiger partial charge in [-0.05, 0) is 60.1 Å². The Kier molecular flexibility index (Phi) is 6.96. The number of hydrogen-bond acceptors (Lipinski definition) is 3. The minimum atomic E-state index is 0.472. The maximum atomic E-state index is 6.17. The summed E-state index contributed by atoms with van der Waals surface area (Å²) in [7, 11) is 0. The van der Waals surface area contributed by atoms with Crippen molar-refractivity contribution in [3.05, 3.63) is 106 Å². The topological polar surface area (TPSA) is 59.7 Å². The zero-order chi connectivity index (χ0) is 25.2. The van der Waals surface area contributed by atoms with Crippen LogP contribution in [0.2, 0.25) is 10.0 Å². The van der Waals surface area contributed by atoms with E-state index in [-0.39, 0.29) is 0 Å². The molecule has 2 aromatic heterocycles. The quantitative estimate of drug-likeness (QED) is 0.228. The molecule has 0 saturated carbocycles. The second-order valence-electron chi connectivity index (χ2n) is 8.60. The van der Waals surface area contributed by atoms with E-state index < -0.39 is 0 Å². The smallest absolute Gasteiger partial charge is 0.175 e. The van der Waals surface area contributed by atoms with Gasteiger partial charge >= 0.3 is 0 Å². The summed E-state index contributed by atoms with van der Waals surface area (Å²) in [5.74, 6) is 0. The lowest BCUT2D eigenvalue weighted by Crippen LogP contribution is -2.19. The van der Waals surface area contributed by atoms with E-state index in [4.69, 9.17) is 35.4 Å². The van der Waals surface area contributed by atoms with Crippen LogP contribution in [-0.4, -0.2) is 24.7 Å². The van der Waals surface area contributed by atoms with Crippen LogP contribution < -0.4 is 10.6 Å². The Morgan fingerprint density at radius 1 is 0.944 bits per heavy atom. The molecule has 5 aromatic rings. The highest BCUT2D eigenvalue weighted by Gasteiger charge is 2.14. The normalized spacial score (nSPS) is 11.1. The monoisotopic (exact) mass is 534 g/mol. The highest BCUT2D eigenvalue weighted by atomic mass is 35.5. The van der Waals surface area contributed by atoms with Crippen LogP contribution in [0, 0.1) is 13.8 Å². The number of halogens is 2. The molecule has 0 aliphatic carbocycles. The van der Waals surface area contributed by atoms with Crippen molar-refractivity contribution in [3.8, 4) is 0 Å². The molecule has 0 aliphatic heterocycles. The Morgan fingerprint density at radius 2 is 1.75 bits per heavy atom. The average molecular weight is 536 g/mol. The van der Waals surface area contributed by atoms with E-state index in [1.165, 1.54) is 16.3 Å². The van der Waals surface area contributed by atoms with Gasteiger partial charge in [0.25, 0.3) is 0 Å². The molecule has 0 spiro atoms. The molecule has 2 N–H and O–H groups in total. The minimum Gasteiger partial charge on any atom is -0.330 e. The third kappa shape index (κ3) is 5.23. The van der Waals surface area contributed by atoms with Crippen molar-refractivity contribution in [3.63, 3.8) is 0 Å². The summed E-state index contributed by atoms with van der Waals surface area (Å²) in [6.45, 7) is 5.20. The SMILES string of the molecule is Cc1nn(Cc2ccc(Cl)c(Cl)c2)c(C)c1NC(=S)Nc1cnn(Cc2cccc3ccccc23)c1. The van der Waals surface area contributed by atoms with E-state index in [0.29, 0.717) is 28.2 Å². The van der Waals surface area contributed by atoms with Gasteiger partial charge in [0.2, 0.25) is 0 Å². The summed E-state index contributed by atoms with van der Waals surface area (Å²) >= 11 is 17.8. The predicted molar refractivity (Wildman–Crippen MR) is 152 cm³/mol. The maximum absolute atomic E-state index is 6.17. The van der Waals surface area contributed by atoms with E-state index in [9.17, 15) is 0 Å². The van der Waals surface area contributed by atoms with Crippen molar-refractivity contribution in [2.75, 3.05) is 10.6 Å². The van der Waals surface area contributed by atoms with Gasteiger partial charge in [0.1, 0.15) is 0 Å². The van der Waals surface area contributed by atoms with Gasteiger partial charge in [0.05, 0.1) is 52.1 Å². The lowest BCUT2D eigenvalue weighted by atomic mass is 10.0. The third-order valence-corrected chi connectivity index (χ3v) is 6.98. The number of thiocarbonyl (C=S) groups is 1. The van der Waals surface area contributed by atoms with Crippen molar-refractivity contribution in [2.24, 2.45) is 0 Å². The van der Waals surface area contributed by atoms with Crippen LogP contribution in [0.5, 0.6) is 0 Å². The zero-order valence-corrected chi connectivity index (χ0v) is 22.1. The number of hydrogen-bond donors (Lipinski definition) is 2. The van der Waals surface area contributed by atoms with Crippen LogP contribution in [0.25, 0.3) is 10.8 Å². The molecule has 0 bridgehead atoms. The first-order valence-corrected chi connectivity index (χ1v) is 12.6. The fraction of sp³-hybridized carbons (Fsp3) is 0.148. The summed E-state index contributed by atoms with van der Waals surface area (Å²) in [5.41, 5.74) is 5.73. The fourth-order valence-corrected chi connectivity index (χ4v) is 4.78. The largest absolute Gasteiger partial charge is 0.330 e. The van der Waals surface area contributed by atoms with Crippen molar-refractivity contribution >= 4 is 62.7 Å². The molecule has 3 aromatic carbocycles. The van der Waals surface area contributed by atoms with Gasteiger partial charge < -0.3 is 10.6 Å². The number of aromatic nitrogens is 4. The molecule has 0 radical (unpaired) electrons. The first kappa shape index (κ1) is 24.3. The van der Waals surface area contributed by atoms with Crippen LogP contribution in [0.1, 0.15) is 22.5 Å². The van der Waals surface area contributed by atoms with Gasteiger partial charge in [-0.2, -0.15) is 10.2 Å². The number of anilines is 2. The molecule has 0 atom stereocenters. The molecule has 0 saturated heterocycles. The summed E-state index contributed by atoms with van der Waals surface area (Å²) in [5, 5.41) is 19.7. The molecule has 2 heterocycles. The second kappa shape index (κ2) is 10.3. The van der Waals surface area contributed by atoms with Gasteiger partial charge in [-0.3, -0.25) is 9.36 Å². The van der Waals surface area contributed by atoms with Gasteiger partial charge in [0, 0.05) is 6.20 Å². The number of rotatable bonds is 6. The fourth-order valence-electron chi connectivity index (χ4n) is 4.24. The van der Waals surface area contributed by atoms with Gasteiger partial charge in [-0.1, -0.05) is 71.7 Å². The molecular formula is C27H24Cl2N6S. The van der Waals surface area contributed by atoms with Crippen LogP contribution >= 0.6 is 35.4 Å². The van der Waals surface area contributed by atoms with E-state index >= 15 is 0 Å². The Labute approximate surface area is 224 Å². The van der Waals surface area contributed by atoms with E-state index in [1.54, 1.807) is 12.3 Å². The number of aryl methyl sites for hydroxylation is 1. The van der Waals surface area contributed by atoms with Crippen molar-refractivity contribution in [1.29, 1.82) is 0 Å². The summed E-state index contributed by atoms with van der Waals surface area (Å²) in [6.07, 6.45) is 3.72. The van der Waals surface area contributed by atoms with E-state index in [2.05, 4.69) is 63.3 Å². The molecule has 0 aliphatic rings. The number of benzene rings is 3. The molecular weight excluding hydrogens is 511 g/mol. The Balaban J connectivity index is 1.25. The zero-order valence-electron chi connectivity index (χ0n) is 19.8. The summed E-state index contributed by atoms with van der Waals surface area (Å²) in [6, 6.07) is 20.3. The van der Waals surface area contributed by atoms with Crippen molar-refractivity contribution in [2.45, 2.75) is 26.9 Å². The first-order chi connectivity index (χ1) is 17.4. The lowest BCUT2D eigenvalue weighted by Gasteiger charge is -2.10. The summed E-state index contributed by atoms with van der Waals surface area (Å²) in [4.78, 5) is 0. The lowest BCUT2D eigenvalue weighted by molar-refractivity contribution is 0.659. The number of nitrogens with one attached hydrogen (secondary N) is 2. The number of fused-ring (bicyclic) bond motifs is 1. The molecule has 36 heavy (non-hydrogen) atoms. The standard InChI is InChI=1S/C27H24Cl2N6S/c1-17-26(18(2)35(33-17)14-19-10-11-24(28)25(29)12-19)32-27(36)31-22-13-30-34(16-22)15-21-8-5-7-20-6-3-4-9-23(20)21/h3-13,16H,14-15H2,1-2H3,(H2,31,32,36). The highest BCUT2D eigenvalue weighted by molar-refractivity contribution is 7.80. The second-order valence-corrected chi connectivity index (χ2v) is 9.82. The molecule has 6 nitrogen and oxygen atoms in total. The average Bonchev–Trinajstić information content (AvgIpc) is 3.40. The number of nitrogens with zero attached hydrogens (tertiary/aromatic N) is 4. The van der Waals surface area contributed by atoms with Crippen LogP contribution in [0.15, 0.2) is 73.1 Å². The Bertz CT molecular complexity index is 1570. The third-order valence-electron chi connectivity index (χ3n) is 6.04. The molecule has 5 rings (SSSR count). The van der Waals surface area contributed by atoms with E-state index in [0.717, 1.165) is 28.3 Å². The van der Waals surface area contributed by atoms with Crippen LogP contribution in [0.4, 0.5) is 11.4 Å². The van der Waals surface area contributed by atoms with Crippen molar-refractivity contribution < 1.29 is 0 Å². The molecule has 0 amide bonds. The summed E-state index contributed by atoms with van der Waals surface area (Å²) < 4.78 is 3.82.